The van der Waals surface area contributed by atoms with Crippen LogP contribution in [0, 0.1) is 45.3 Å². The van der Waals surface area contributed by atoms with E-state index >= 15 is 0 Å². The molecule has 0 aliphatic heterocycles. The number of rotatable bonds is 8. The van der Waals surface area contributed by atoms with E-state index in [0.717, 1.165) is 18.4 Å². The lowest BCUT2D eigenvalue weighted by molar-refractivity contribution is -0.260. The minimum absolute atomic E-state index is 0.0354. The maximum absolute atomic E-state index is 12.6. The Morgan fingerprint density at radius 1 is 1.00 bits per heavy atom. The van der Waals surface area contributed by atoms with E-state index in [1.165, 1.54) is 27.7 Å². The highest BCUT2D eigenvalue weighted by Gasteiger charge is 2.72. The van der Waals surface area contributed by atoms with E-state index < -0.39 is 63.7 Å². The fourth-order valence-corrected chi connectivity index (χ4v) is 10.5. The van der Waals surface area contributed by atoms with E-state index in [0.29, 0.717) is 19.3 Å². The molecule has 0 spiro atoms. The van der Waals surface area contributed by atoms with Gasteiger partial charge in [-0.15, -0.1) is 0 Å². The van der Waals surface area contributed by atoms with E-state index in [-0.39, 0.29) is 42.7 Å². The van der Waals surface area contributed by atoms with Crippen molar-refractivity contribution >= 4 is 11.9 Å². The quantitative estimate of drug-likeness (QED) is 0.206. The molecular weight excluding hydrogens is 552 g/mol. The van der Waals surface area contributed by atoms with Gasteiger partial charge in [0.15, 0.2) is 0 Å². The lowest BCUT2D eigenvalue weighted by Gasteiger charge is -2.70. The summed E-state index contributed by atoms with van der Waals surface area (Å²) in [5.74, 6) is -1.54. The van der Waals surface area contributed by atoms with Crippen LogP contribution in [0.15, 0.2) is 11.6 Å². The fraction of sp³-hybridized carbons (Fsp3) is 0.882. The normalized spacial score (nSPS) is 42.4. The molecule has 0 saturated heterocycles. The number of fused-ring (bicyclic) bond motifs is 5. The van der Waals surface area contributed by atoms with Crippen LogP contribution in [0.4, 0.5) is 0 Å². The lowest BCUT2D eigenvalue weighted by Crippen LogP contribution is -2.70. The second-order valence-electron chi connectivity index (χ2n) is 16.0. The molecule has 0 radical (unpaired) electrons. The van der Waals surface area contributed by atoms with Crippen molar-refractivity contribution in [3.05, 3.63) is 11.6 Å². The van der Waals surface area contributed by atoms with Gasteiger partial charge in [0.1, 0.15) is 12.2 Å². The average Bonchev–Trinajstić information content (AvgIpc) is 3.21. The van der Waals surface area contributed by atoms with Gasteiger partial charge in [0.25, 0.3) is 0 Å². The number of carbonyl (C=O) groups excluding carboxylic acids is 2. The summed E-state index contributed by atoms with van der Waals surface area (Å²) >= 11 is 0. The third-order valence-corrected chi connectivity index (χ3v) is 12.9. The summed E-state index contributed by atoms with van der Waals surface area (Å²) in [6.45, 7) is 16.2. The van der Waals surface area contributed by atoms with E-state index in [4.69, 9.17) is 9.47 Å². The monoisotopic (exact) mass is 608 g/mol. The Kier molecular flexibility index (Phi) is 9.09. The highest BCUT2D eigenvalue weighted by atomic mass is 16.5. The summed E-state index contributed by atoms with van der Waals surface area (Å²) in [5.41, 5.74) is -2.31. The van der Waals surface area contributed by atoms with Crippen molar-refractivity contribution in [3.8, 4) is 0 Å². The van der Waals surface area contributed by atoms with E-state index in [1.807, 2.05) is 0 Å². The second kappa shape index (κ2) is 11.4. The smallest absolute Gasteiger partial charge is 0.302 e. The molecule has 9 heteroatoms. The number of hydrogen-bond acceptors (Lipinski definition) is 9. The zero-order valence-corrected chi connectivity index (χ0v) is 27.6. The molecule has 0 amide bonds. The van der Waals surface area contributed by atoms with Gasteiger partial charge in [0.2, 0.25) is 0 Å². The van der Waals surface area contributed by atoms with Gasteiger partial charge in [-0.2, -0.15) is 0 Å². The Morgan fingerprint density at radius 3 is 2.12 bits per heavy atom. The van der Waals surface area contributed by atoms with Crippen LogP contribution in [0.3, 0.4) is 0 Å². The molecule has 0 aromatic carbocycles. The van der Waals surface area contributed by atoms with Crippen molar-refractivity contribution in [2.24, 2.45) is 45.3 Å². The highest BCUT2D eigenvalue weighted by Crippen LogP contribution is 2.74. The molecule has 9 nitrogen and oxygen atoms in total. The number of aliphatic hydroxyl groups is 5. The van der Waals surface area contributed by atoms with Gasteiger partial charge in [-0.05, 0) is 68.1 Å². The SMILES string of the molecule is CC(=O)OC1CC2C(C)(C)C(O)CC(OC(C)=O)C2(C)C2CCC3(C)C(=CCC3C(CO)C(O)CC(O)C(C)(C)O)C12C. The summed E-state index contributed by atoms with van der Waals surface area (Å²) in [6, 6.07) is 0. The molecule has 3 fully saturated rings. The largest absolute Gasteiger partial charge is 0.462 e. The number of hydrogen-bond donors (Lipinski definition) is 5. The average molecular weight is 609 g/mol. The Balaban J connectivity index is 1.78. The maximum Gasteiger partial charge on any atom is 0.302 e. The van der Waals surface area contributed by atoms with Crippen LogP contribution < -0.4 is 0 Å². The van der Waals surface area contributed by atoms with Gasteiger partial charge in [-0.25, -0.2) is 0 Å². The number of allylic oxidation sites excluding steroid dienone is 1. The number of aliphatic hydroxyl groups excluding tert-OH is 4. The molecule has 12 unspecified atom stereocenters. The molecule has 0 bridgehead atoms. The first-order valence-electron chi connectivity index (χ1n) is 16.1. The number of esters is 2. The van der Waals surface area contributed by atoms with Crippen molar-refractivity contribution in [2.75, 3.05) is 6.61 Å². The van der Waals surface area contributed by atoms with Crippen LogP contribution in [-0.4, -0.2) is 80.2 Å². The Hall–Kier alpha value is -1.52. The summed E-state index contributed by atoms with van der Waals surface area (Å²) in [7, 11) is 0. The predicted molar refractivity (Wildman–Crippen MR) is 160 cm³/mol. The molecule has 246 valence electrons. The van der Waals surface area contributed by atoms with Crippen molar-refractivity contribution in [1.29, 1.82) is 0 Å². The second-order valence-corrected chi connectivity index (χ2v) is 16.0. The van der Waals surface area contributed by atoms with Crippen LogP contribution >= 0.6 is 0 Å². The van der Waals surface area contributed by atoms with Crippen molar-refractivity contribution in [2.45, 2.75) is 137 Å². The molecule has 12 atom stereocenters. The minimum Gasteiger partial charge on any atom is -0.462 e. The van der Waals surface area contributed by atoms with Gasteiger partial charge in [0.05, 0.1) is 23.9 Å². The summed E-state index contributed by atoms with van der Waals surface area (Å²) in [6.07, 6.45) is 1.26. The molecule has 0 heterocycles. The Bertz CT molecular complexity index is 1110. The van der Waals surface area contributed by atoms with E-state index in [9.17, 15) is 35.1 Å². The first-order valence-corrected chi connectivity index (χ1v) is 16.1. The lowest BCUT2D eigenvalue weighted by atomic mass is 9.36. The van der Waals surface area contributed by atoms with Gasteiger partial charge in [0, 0.05) is 50.0 Å². The summed E-state index contributed by atoms with van der Waals surface area (Å²) in [4.78, 5) is 25.0. The van der Waals surface area contributed by atoms with Crippen LogP contribution in [0.1, 0.15) is 101 Å². The molecule has 0 aromatic heterocycles. The highest BCUT2D eigenvalue weighted by molar-refractivity contribution is 5.67. The molecule has 4 aliphatic rings. The zero-order valence-electron chi connectivity index (χ0n) is 27.6. The Morgan fingerprint density at radius 2 is 1.58 bits per heavy atom. The first kappa shape index (κ1) is 34.4. The van der Waals surface area contributed by atoms with Crippen molar-refractivity contribution < 1.29 is 44.6 Å². The molecule has 0 aromatic rings. The van der Waals surface area contributed by atoms with Crippen LogP contribution in [0.2, 0.25) is 0 Å². The fourth-order valence-electron chi connectivity index (χ4n) is 10.5. The first-order chi connectivity index (χ1) is 19.7. The van der Waals surface area contributed by atoms with Crippen LogP contribution in [-0.2, 0) is 19.1 Å². The Labute approximate surface area is 257 Å². The molecule has 43 heavy (non-hydrogen) atoms. The van der Waals surface area contributed by atoms with Crippen molar-refractivity contribution in [3.63, 3.8) is 0 Å². The topological polar surface area (TPSA) is 154 Å². The number of carbonyl (C=O) groups is 2. The molecule has 3 saturated carbocycles. The molecule has 4 aliphatic carbocycles. The minimum atomic E-state index is -1.39. The number of ether oxygens (including phenoxy) is 2. The molecular formula is C34H56O9. The van der Waals surface area contributed by atoms with E-state index in [2.05, 4.69) is 40.7 Å². The third-order valence-electron chi connectivity index (χ3n) is 12.9. The standard InChI is InChI=1S/C34H56O9/c1-18(36)42-28-15-25-30(3,4)26(39)16-29(43-19(2)37)34(25,9)24-12-13-32(7)21(10-11-23(32)33(24,28)8)20(17-35)22(38)14-27(40)31(5,6)41/h11,20-22,24-29,35,38-41H,10,12-17H2,1-9H3. The van der Waals surface area contributed by atoms with Crippen LogP contribution in [0.25, 0.3) is 0 Å². The van der Waals surface area contributed by atoms with Gasteiger partial charge >= 0.3 is 11.9 Å². The van der Waals surface area contributed by atoms with Crippen molar-refractivity contribution in [1.82, 2.24) is 0 Å². The third kappa shape index (κ3) is 5.39. The van der Waals surface area contributed by atoms with Gasteiger partial charge in [-0.3, -0.25) is 9.59 Å². The zero-order chi connectivity index (χ0) is 32.5. The maximum atomic E-state index is 12.6. The molecule has 4 rings (SSSR count). The molecule has 5 N–H and O–H groups in total. The summed E-state index contributed by atoms with van der Waals surface area (Å²) in [5, 5.41) is 54.0. The van der Waals surface area contributed by atoms with Gasteiger partial charge in [-0.1, -0.05) is 46.3 Å². The summed E-state index contributed by atoms with van der Waals surface area (Å²) < 4.78 is 12.2. The van der Waals surface area contributed by atoms with E-state index in [1.54, 1.807) is 0 Å². The van der Waals surface area contributed by atoms with Gasteiger partial charge < -0.3 is 35.0 Å². The predicted octanol–water partition coefficient (Wildman–Crippen LogP) is 3.53. The van der Waals surface area contributed by atoms with Crippen LogP contribution in [0.5, 0.6) is 0 Å².